The highest BCUT2D eigenvalue weighted by molar-refractivity contribution is 5.97. The summed E-state index contributed by atoms with van der Waals surface area (Å²) < 4.78 is 7.01. The van der Waals surface area contributed by atoms with Crippen LogP contribution in [0.5, 0.6) is 0 Å². The lowest BCUT2D eigenvalue weighted by Gasteiger charge is -2.35. The van der Waals surface area contributed by atoms with Crippen LogP contribution in [0.25, 0.3) is 22.0 Å². The molecule has 0 atom stereocenters. The van der Waals surface area contributed by atoms with Gasteiger partial charge in [0.15, 0.2) is 5.65 Å². The van der Waals surface area contributed by atoms with Crippen LogP contribution in [-0.2, 0) is 7.05 Å². The Morgan fingerprint density at radius 3 is 2.72 bits per heavy atom. The summed E-state index contributed by atoms with van der Waals surface area (Å²) in [6, 6.07) is 8.78. The van der Waals surface area contributed by atoms with Gasteiger partial charge in [0, 0.05) is 38.6 Å². The highest BCUT2D eigenvalue weighted by Crippen LogP contribution is 2.23. The van der Waals surface area contributed by atoms with Crippen LogP contribution < -0.4 is 10.5 Å². The number of para-hydroxylation sites is 1. The van der Waals surface area contributed by atoms with Gasteiger partial charge in [-0.05, 0) is 12.1 Å². The second kappa shape index (κ2) is 6.69. The molecule has 1 aliphatic rings. The zero-order chi connectivity index (χ0) is 20.0. The molecule has 5 rings (SSSR count). The minimum absolute atomic E-state index is 0.0637. The summed E-state index contributed by atoms with van der Waals surface area (Å²) in [5.74, 6) is 0.499. The summed E-state index contributed by atoms with van der Waals surface area (Å²) in [4.78, 5) is 37.7. The zero-order valence-corrected chi connectivity index (χ0v) is 15.8. The van der Waals surface area contributed by atoms with Crippen LogP contribution in [0.3, 0.4) is 0 Å². The molecule has 3 aromatic heterocycles. The number of amides is 1. The maximum absolute atomic E-state index is 12.9. The lowest BCUT2D eigenvalue weighted by Crippen LogP contribution is -2.49. The zero-order valence-electron chi connectivity index (χ0n) is 15.8. The van der Waals surface area contributed by atoms with Crippen molar-refractivity contribution in [2.45, 2.75) is 0 Å². The number of hydrogen-bond acceptors (Lipinski definition) is 7. The molecular weight excluding hydrogens is 372 g/mol. The van der Waals surface area contributed by atoms with Crippen LogP contribution in [0.15, 0.2) is 52.1 Å². The second-order valence-electron chi connectivity index (χ2n) is 6.97. The van der Waals surface area contributed by atoms with Crippen molar-refractivity contribution in [2.75, 3.05) is 31.1 Å². The fraction of sp³-hybridized carbons (Fsp3) is 0.250. The smallest absolute Gasteiger partial charge is 0.349 e. The van der Waals surface area contributed by atoms with Crippen molar-refractivity contribution in [3.63, 3.8) is 0 Å². The molecule has 4 heterocycles. The van der Waals surface area contributed by atoms with Gasteiger partial charge in [-0.1, -0.05) is 18.2 Å². The topological polar surface area (TPSA) is 97.4 Å². The Labute approximate surface area is 165 Å². The molecule has 1 saturated heterocycles. The van der Waals surface area contributed by atoms with Crippen LogP contribution in [0, 0.1) is 0 Å². The molecule has 4 aromatic rings. The first-order valence-corrected chi connectivity index (χ1v) is 9.31. The lowest BCUT2D eigenvalue weighted by atomic mass is 10.1. The van der Waals surface area contributed by atoms with Crippen LogP contribution in [0.2, 0.25) is 0 Å². The molecular formula is C20H18N6O3. The molecule has 0 radical (unpaired) electrons. The van der Waals surface area contributed by atoms with Crippen molar-refractivity contribution in [3.8, 4) is 0 Å². The van der Waals surface area contributed by atoms with E-state index in [9.17, 15) is 9.59 Å². The van der Waals surface area contributed by atoms with E-state index < -0.39 is 5.63 Å². The minimum atomic E-state index is -0.607. The quantitative estimate of drug-likeness (QED) is 0.478. The number of piperazine rings is 1. The highest BCUT2D eigenvalue weighted by atomic mass is 16.4. The van der Waals surface area contributed by atoms with E-state index >= 15 is 0 Å². The predicted molar refractivity (Wildman–Crippen MR) is 107 cm³/mol. The third kappa shape index (κ3) is 2.91. The summed E-state index contributed by atoms with van der Waals surface area (Å²) in [5.41, 5.74) is 0.697. The number of anilines is 1. The molecule has 1 fully saturated rings. The molecule has 0 bridgehead atoms. The van der Waals surface area contributed by atoms with E-state index in [-0.39, 0.29) is 11.5 Å². The van der Waals surface area contributed by atoms with Gasteiger partial charge in [0.05, 0.1) is 11.6 Å². The van der Waals surface area contributed by atoms with Gasteiger partial charge in [-0.3, -0.25) is 9.48 Å². The molecule has 0 unspecified atom stereocenters. The number of fused-ring (bicyclic) bond motifs is 2. The number of aromatic nitrogens is 4. The third-order valence-corrected chi connectivity index (χ3v) is 5.25. The fourth-order valence-corrected chi connectivity index (χ4v) is 3.70. The van der Waals surface area contributed by atoms with Gasteiger partial charge < -0.3 is 14.2 Å². The monoisotopic (exact) mass is 390 g/mol. The Hall–Kier alpha value is -3.75. The number of rotatable bonds is 2. The Balaban J connectivity index is 1.37. The Kier molecular flexibility index (Phi) is 4.01. The highest BCUT2D eigenvalue weighted by Gasteiger charge is 2.26. The molecule has 146 valence electrons. The minimum Gasteiger partial charge on any atom is -0.422 e. The summed E-state index contributed by atoms with van der Waals surface area (Å²) in [7, 11) is 1.84. The fourth-order valence-electron chi connectivity index (χ4n) is 3.70. The number of carbonyl (C=O) groups excluding carboxylic acids is 1. The first-order chi connectivity index (χ1) is 14.1. The van der Waals surface area contributed by atoms with Gasteiger partial charge >= 0.3 is 5.63 Å². The normalized spacial score (nSPS) is 14.7. The van der Waals surface area contributed by atoms with Gasteiger partial charge in [0.25, 0.3) is 5.91 Å². The summed E-state index contributed by atoms with van der Waals surface area (Å²) in [6.07, 6.45) is 3.28. The van der Waals surface area contributed by atoms with Gasteiger partial charge in [0.1, 0.15) is 23.3 Å². The van der Waals surface area contributed by atoms with E-state index in [0.29, 0.717) is 31.8 Å². The van der Waals surface area contributed by atoms with E-state index in [1.807, 2.05) is 19.2 Å². The maximum atomic E-state index is 12.9. The number of aryl methyl sites for hydroxylation is 1. The molecule has 29 heavy (non-hydrogen) atoms. The standard InChI is InChI=1S/C20H18N6O3/c1-24-17-15(11-23-24)18(22-12-21-17)25-6-8-26(9-7-25)19(27)14-10-13-4-2-3-5-16(13)29-20(14)28/h2-5,10-12H,6-9H2,1H3. The molecule has 1 aliphatic heterocycles. The molecule has 0 saturated carbocycles. The number of hydrogen-bond donors (Lipinski definition) is 0. The SMILES string of the molecule is Cn1ncc2c(N3CCN(C(=O)c4cc5ccccc5oc4=O)CC3)ncnc21. The summed E-state index contributed by atoms with van der Waals surface area (Å²) in [5, 5.41) is 5.86. The molecule has 9 heteroatoms. The molecule has 0 N–H and O–H groups in total. The van der Waals surface area contributed by atoms with E-state index in [0.717, 1.165) is 22.2 Å². The number of carbonyl (C=O) groups is 1. The van der Waals surface area contributed by atoms with Crippen molar-refractivity contribution in [1.82, 2.24) is 24.6 Å². The first-order valence-electron chi connectivity index (χ1n) is 9.31. The second-order valence-corrected chi connectivity index (χ2v) is 6.97. The van der Waals surface area contributed by atoms with E-state index in [2.05, 4.69) is 20.0 Å². The summed E-state index contributed by atoms with van der Waals surface area (Å²) in [6.45, 7) is 2.17. The summed E-state index contributed by atoms with van der Waals surface area (Å²) >= 11 is 0. The van der Waals surface area contributed by atoms with Crippen molar-refractivity contribution in [3.05, 3.63) is 58.8 Å². The number of benzene rings is 1. The van der Waals surface area contributed by atoms with Crippen LogP contribution in [0.4, 0.5) is 5.82 Å². The maximum Gasteiger partial charge on any atom is 0.349 e. The van der Waals surface area contributed by atoms with Crippen molar-refractivity contribution in [1.29, 1.82) is 0 Å². The molecule has 0 spiro atoms. The van der Waals surface area contributed by atoms with Crippen LogP contribution in [-0.4, -0.2) is 56.7 Å². The van der Waals surface area contributed by atoms with Gasteiger partial charge in [0.2, 0.25) is 0 Å². The molecule has 0 aliphatic carbocycles. The average molecular weight is 390 g/mol. The average Bonchev–Trinajstić information content (AvgIpc) is 3.14. The van der Waals surface area contributed by atoms with E-state index in [4.69, 9.17) is 4.42 Å². The van der Waals surface area contributed by atoms with Crippen molar-refractivity contribution < 1.29 is 9.21 Å². The Morgan fingerprint density at radius 1 is 1.10 bits per heavy atom. The van der Waals surface area contributed by atoms with Gasteiger partial charge in [-0.15, -0.1) is 0 Å². The molecule has 1 aromatic carbocycles. The largest absolute Gasteiger partial charge is 0.422 e. The van der Waals surface area contributed by atoms with Crippen LogP contribution in [0.1, 0.15) is 10.4 Å². The Bertz CT molecular complexity index is 1290. The third-order valence-electron chi connectivity index (χ3n) is 5.25. The predicted octanol–water partition coefficient (Wildman–Crippen LogP) is 1.43. The first kappa shape index (κ1) is 17.4. The van der Waals surface area contributed by atoms with Gasteiger partial charge in [-0.25, -0.2) is 14.8 Å². The molecule has 1 amide bonds. The number of nitrogens with zero attached hydrogens (tertiary/aromatic N) is 6. The van der Waals surface area contributed by atoms with Crippen LogP contribution >= 0.6 is 0 Å². The van der Waals surface area contributed by atoms with Crippen molar-refractivity contribution in [2.24, 2.45) is 7.05 Å². The lowest BCUT2D eigenvalue weighted by molar-refractivity contribution is 0.0742. The Morgan fingerprint density at radius 2 is 1.90 bits per heavy atom. The van der Waals surface area contributed by atoms with Crippen molar-refractivity contribution >= 4 is 33.7 Å². The molecule has 9 nitrogen and oxygen atoms in total. The van der Waals surface area contributed by atoms with E-state index in [1.54, 1.807) is 34.0 Å². The van der Waals surface area contributed by atoms with E-state index in [1.165, 1.54) is 6.33 Å². The van der Waals surface area contributed by atoms with Gasteiger partial charge in [-0.2, -0.15) is 5.10 Å².